The first-order chi connectivity index (χ1) is 18.1. The Balaban J connectivity index is 1.31. The molecule has 1 aliphatic heterocycles. The Labute approximate surface area is 214 Å². The average Bonchev–Trinajstić information content (AvgIpc) is 3.35. The summed E-state index contributed by atoms with van der Waals surface area (Å²) in [6.45, 7) is 1.17. The quantitative estimate of drug-likeness (QED) is 0.351. The number of hydrogen-bond acceptors (Lipinski definition) is 7. The number of rotatable bonds is 7. The molecule has 0 saturated heterocycles. The molecule has 0 saturated carbocycles. The van der Waals surface area contributed by atoms with Gasteiger partial charge in [-0.15, -0.1) is 0 Å². The lowest BCUT2D eigenvalue weighted by molar-refractivity contribution is 0.0950. The lowest BCUT2D eigenvalue weighted by Gasteiger charge is -2.29. The van der Waals surface area contributed by atoms with Crippen molar-refractivity contribution in [1.29, 1.82) is 0 Å². The van der Waals surface area contributed by atoms with Crippen LogP contribution in [0.15, 0.2) is 59.8 Å². The van der Waals surface area contributed by atoms with Gasteiger partial charge < -0.3 is 10.2 Å². The van der Waals surface area contributed by atoms with Crippen LogP contribution in [-0.2, 0) is 29.5 Å². The normalized spacial score (nSPS) is 13.8. The van der Waals surface area contributed by atoms with E-state index in [1.165, 1.54) is 18.3 Å². The third kappa shape index (κ3) is 4.90. The Hall–Kier alpha value is -4.07. The number of pyridine rings is 2. The van der Waals surface area contributed by atoms with Crippen molar-refractivity contribution in [3.8, 4) is 0 Å². The molecule has 3 aromatic heterocycles. The Morgan fingerprint density at radius 3 is 2.63 bits per heavy atom. The van der Waals surface area contributed by atoms with Crippen LogP contribution >= 0.6 is 0 Å². The maximum absolute atomic E-state index is 13.3. The minimum atomic E-state index is -4.84. The molecule has 1 aromatic carbocycles. The zero-order valence-electron chi connectivity index (χ0n) is 19.6. The maximum atomic E-state index is 13.3. The predicted octanol–water partition coefficient (Wildman–Crippen LogP) is 3.71. The van der Waals surface area contributed by atoms with E-state index in [4.69, 9.17) is 0 Å². The minimum Gasteiger partial charge on any atom is -0.349 e. The highest BCUT2D eigenvalue weighted by molar-refractivity contribution is 7.91. The van der Waals surface area contributed by atoms with Crippen molar-refractivity contribution in [1.82, 2.24) is 25.1 Å². The molecule has 0 aliphatic carbocycles. The predicted molar refractivity (Wildman–Crippen MR) is 129 cm³/mol. The third-order valence-corrected chi connectivity index (χ3v) is 7.55. The summed E-state index contributed by atoms with van der Waals surface area (Å²) in [6, 6.07) is 9.66. The summed E-state index contributed by atoms with van der Waals surface area (Å²) in [6.07, 6.45) is 0.143. The summed E-state index contributed by atoms with van der Waals surface area (Å²) >= 11 is 0. The molecular weight excluding hydrogens is 528 g/mol. The number of fused-ring (bicyclic) bond motifs is 2. The van der Waals surface area contributed by atoms with E-state index in [-0.39, 0.29) is 24.2 Å². The van der Waals surface area contributed by atoms with E-state index in [0.717, 1.165) is 17.5 Å². The van der Waals surface area contributed by atoms with Crippen molar-refractivity contribution in [3.63, 3.8) is 0 Å². The lowest BCUT2D eigenvalue weighted by Crippen LogP contribution is -2.34. The van der Waals surface area contributed by atoms with E-state index in [1.807, 2.05) is 11.0 Å². The number of alkyl halides is 4. The number of carbonyl (C=O) groups is 1. The highest BCUT2D eigenvalue weighted by atomic mass is 32.2. The Bertz CT molecular complexity index is 1630. The molecule has 5 rings (SSSR count). The zero-order chi connectivity index (χ0) is 27.0. The van der Waals surface area contributed by atoms with Crippen LogP contribution in [0.1, 0.15) is 33.7 Å². The number of anilines is 1. The molecule has 9 nitrogen and oxygen atoms in total. The average molecular weight is 549 g/mol. The van der Waals surface area contributed by atoms with E-state index >= 15 is 0 Å². The van der Waals surface area contributed by atoms with Gasteiger partial charge >= 0.3 is 5.76 Å². The number of benzene rings is 1. The summed E-state index contributed by atoms with van der Waals surface area (Å²) in [5, 5.41) is 7.35. The zero-order valence-corrected chi connectivity index (χ0v) is 20.4. The van der Waals surface area contributed by atoms with Gasteiger partial charge in [0.1, 0.15) is 5.82 Å². The Morgan fingerprint density at radius 1 is 1.05 bits per heavy atom. The lowest BCUT2D eigenvalue weighted by atomic mass is 10.2. The largest absolute Gasteiger partial charge is 0.349 e. The van der Waals surface area contributed by atoms with Gasteiger partial charge in [-0.25, -0.2) is 22.2 Å². The molecule has 4 heterocycles. The highest BCUT2D eigenvalue weighted by Gasteiger charge is 2.27. The number of sulfone groups is 1. The molecule has 0 radical (unpaired) electrons. The molecule has 0 bridgehead atoms. The molecule has 0 unspecified atom stereocenters. The summed E-state index contributed by atoms with van der Waals surface area (Å²) in [5.74, 6) is -3.68. The second-order valence-corrected chi connectivity index (χ2v) is 10.5. The van der Waals surface area contributed by atoms with Crippen LogP contribution in [-0.4, -0.2) is 46.4 Å². The SMILES string of the molecule is O=C(NCc1cc2nc(N3CCn4ncc(C(F)F)c4C3)ccc2cn1)c1cccc(S(=O)(=O)C(F)F)c1. The third-order valence-electron chi connectivity index (χ3n) is 6.17. The number of halogens is 4. The molecule has 14 heteroatoms. The van der Waals surface area contributed by atoms with Gasteiger partial charge in [0.15, 0.2) is 0 Å². The number of hydrogen-bond donors (Lipinski definition) is 1. The molecule has 198 valence electrons. The Kier molecular flexibility index (Phi) is 6.73. The van der Waals surface area contributed by atoms with Crippen molar-refractivity contribution < 1.29 is 30.8 Å². The molecule has 0 atom stereocenters. The number of carbonyl (C=O) groups excluding carboxylic acids is 1. The van der Waals surface area contributed by atoms with Gasteiger partial charge in [-0.3, -0.25) is 14.5 Å². The van der Waals surface area contributed by atoms with Gasteiger partial charge in [-0.2, -0.15) is 13.9 Å². The molecule has 1 aliphatic rings. The van der Waals surface area contributed by atoms with Crippen molar-refractivity contribution in [2.75, 3.05) is 11.4 Å². The van der Waals surface area contributed by atoms with Crippen LogP contribution in [0, 0.1) is 0 Å². The van der Waals surface area contributed by atoms with E-state index in [1.54, 1.807) is 23.0 Å². The monoisotopic (exact) mass is 548 g/mol. The first kappa shape index (κ1) is 25.6. The van der Waals surface area contributed by atoms with Crippen molar-refractivity contribution in [2.45, 2.75) is 36.7 Å². The Morgan fingerprint density at radius 2 is 1.87 bits per heavy atom. The number of nitrogens with zero attached hydrogens (tertiary/aromatic N) is 5. The van der Waals surface area contributed by atoms with Crippen LogP contribution in [0.4, 0.5) is 23.4 Å². The standard InChI is InChI=1S/C24H20F4N6O3S/c25-22(26)18-12-31-34-7-6-33(13-20(18)34)21-5-4-15-10-29-16(9-19(15)32-21)11-30-23(35)14-2-1-3-17(8-14)38(36,37)24(27)28/h1-5,8-10,12,22,24H,6-7,11,13H2,(H,30,35). The van der Waals surface area contributed by atoms with Gasteiger partial charge in [-0.05, 0) is 36.4 Å². The molecule has 0 fully saturated rings. The summed E-state index contributed by atoms with van der Waals surface area (Å²) in [7, 11) is -4.84. The van der Waals surface area contributed by atoms with Crippen LogP contribution < -0.4 is 10.2 Å². The van der Waals surface area contributed by atoms with Gasteiger partial charge in [0.05, 0.1) is 53.2 Å². The molecule has 1 amide bonds. The molecule has 1 N–H and O–H groups in total. The molecule has 0 spiro atoms. The fourth-order valence-electron chi connectivity index (χ4n) is 4.15. The fourth-order valence-corrected chi connectivity index (χ4v) is 4.92. The topological polar surface area (TPSA) is 110 Å². The van der Waals surface area contributed by atoms with E-state index in [2.05, 4.69) is 20.4 Å². The van der Waals surface area contributed by atoms with Crippen molar-refractivity contribution in [3.05, 3.63) is 77.4 Å². The van der Waals surface area contributed by atoms with Gasteiger partial charge in [0.2, 0.25) is 9.84 Å². The fraction of sp³-hybridized carbons (Fsp3) is 0.250. The van der Waals surface area contributed by atoms with Crippen molar-refractivity contribution >= 4 is 32.5 Å². The summed E-state index contributed by atoms with van der Waals surface area (Å²) < 4.78 is 77.3. The smallest absolute Gasteiger partial charge is 0.341 e. The number of aromatic nitrogens is 4. The summed E-state index contributed by atoms with van der Waals surface area (Å²) in [5.41, 5.74) is 1.26. The first-order valence-electron chi connectivity index (χ1n) is 11.4. The van der Waals surface area contributed by atoms with Crippen LogP contribution in [0.5, 0.6) is 0 Å². The van der Waals surface area contributed by atoms with Crippen LogP contribution in [0.2, 0.25) is 0 Å². The van der Waals surface area contributed by atoms with Crippen LogP contribution in [0.3, 0.4) is 0 Å². The number of nitrogens with one attached hydrogen (secondary N) is 1. The molecule has 4 aromatic rings. The van der Waals surface area contributed by atoms with E-state index in [9.17, 15) is 30.8 Å². The van der Waals surface area contributed by atoms with Gasteiger partial charge in [0.25, 0.3) is 12.3 Å². The van der Waals surface area contributed by atoms with Crippen LogP contribution in [0.25, 0.3) is 10.9 Å². The highest BCUT2D eigenvalue weighted by Crippen LogP contribution is 2.28. The van der Waals surface area contributed by atoms with Crippen molar-refractivity contribution in [2.24, 2.45) is 0 Å². The molecular formula is C24H20F4N6O3S. The van der Waals surface area contributed by atoms with E-state index in [0.29, 0.717) is 35.8 Å². The van der Waals surface area contributed by atoms with E-state index < -0.39 is 32.8 Å². The summed E-state index contributed by atoms with van der Waals surface area (Å²) in [4.78, 5) is 22.7. The molecule has 38 heavy (non-hydrogen) atoms. The second kappa shape index (κ2) is 10.0. The minimum absolute atomic E-state index is 0.0346. The van der Waals surface area contributed by atoms with Gasteiger partial charge in [0, 0.05) is 23.7 Å². The second-order valence-electron chi connectivity index (χ2n) is 8.55. The van der Waals surface area contributed by atoms with Gasteiger partial charge in [-0.1, -0.05) is 6.07 Å². The maximum Gasteiger partial charge on any atom is 0.341 e. The number of amides is 1. The first-order valence-corrected chi connectivity index (χ1v) is 12.9.